The van der Waals surface area contributed by atoms with Gasteiger partial charge in [-0.1, -0.05) is 90.5 Å². The van der Waals surface area contributed by atoms with E-state index < -0.39 is 6.04 Å². The Morgan fingerprint density at radius 2 is 1.32 bits per heavy atom. The minimum absolute atomic E-state index is 0.135. The lowest BCUT2D eigenvalue weighted by atomic mass is 10.0. The molecule has 0 radical (unpaired) electrons. The third kappa shape index (κ3) is 4.11. The van der Waals surface area contributed by atoms with Crippen molar-refractivity contribution in [1.82, 2.24) is 4.90 Å². The number of hydrogen-bond donors (Lipinski definition) is 0. The van der Waals surface area contributed by atoms with Gasteiger partial charge in [0.15, 0.2) is 0 Å². The number of benzene rings is 4. The van der Waals surface area contributed by atoms with Gasteiger partial charge >= 0.3 is 0 Å². The second-order valence-electron chi connectivity index (χ2n) is 8.57. The van der Waals surface area contributed by atoms with E-state index in [1.54, 1.807) is 9.80 Å². The van der Waals surface area contributed by atoms with Crippen molar-refractivity contribution in [3.63, 3.8) is 0 Å². The number of amides is 2. The van der Waals surface area contributed by atoms with Crippen LogP contribution in [-0.4, -0.2) is 23.3 Å². The molecule has 0 unspecified atom stereocenters. The zero-order valence-electron chi connectivity index (χ0n) is 19.1. The number of aryl methyl sites for hydroxylation is 1. The monoisotopic (exact) mass is 446 g/mol. The molecule has 1 aliphatic heterocycles. The molecule has 0 aromatic heterocycles. The van der Waals surface area contributed by atoms with E-state index in [1.807, 2.05) is 104 Å². The van der Waals surface area contributed by atoms with Gasteiger partial charge in [-0.05, 0) is 48.7 Å². The Bertz CT molecular complexity index is 1300. The normalized spacial score (nSPS) is 15.7. The van der Waals surface area contributed by atoms with E-state index in [0.29, 0.717) is 24.2 Å². The molecule has 1 heterocycles. The Kier molecular flexibility index (Phi) is 5.96. The van der Waals surface area contributed by atoms with Gasteiger partial charge in [-0.3, -0.25) is 14.5 Å². The number of rotatable bonds is 5. The molecule has 4 nitrogen and oxygen atoms in total. The van der Waals surface area contributed by atoms with Crippen LogP contribution in [0.3, 0.4) is 0 Å². The largest absolute Gasteiger partial charge is 0.322 e. The van der Waals surface area contributed by atoms with Crippen molar-refractivity contribution in [3.8, 4) is 0 Å². The molecule has 0 spiro atoms. The smallest absolute Gasteiger partial charge is 0.259 e. The molecule has 4 heteroatoms. The summed E-state index contributed by atoms with van der Waals surface area (Å²) in [5.74, 6) is -0.273. The number of fused-ring (bicyclic) bond motifs is 1. The van der Waals surface area contributed by atoms with Crippen LogP contribution in [0.15, 0.2) is 109 Å². The average Bonchev–Trinajstić information content (AvgIpc) is 2.97. The van der Waals surface area contributed by atoms with E-state index in [2.05, 4.69) is 12.1 Å². The van der Waals surface area contributed by atoms with Crippen LogP contribution >= 0.6 is 0 Å². The third-order valence-corrected chi connectivity index (χ3v) is 6.29. The summed E-state index contributed by atoms with van der Waals surface area (Å²) in [6, 6.07) is 34.2. The lowest BCUT2D eigenvalue weighted by molar-refractivity contribution is -0.122. The first-order chi connectivity index (χ1) is 16.6. The fourth-order valence-corrected chi connectivity index (χ4v) is 4.54. The first-order valence-electron chi connectivity index (χ1n) is 11.5. The summed E-state index contributed by atoms with van der Waals surface area (Å²) in [6.45, 7) is 2.45. The van der Waals surface area contributed by atoms with Crippen LogP contribution in [0, 0.1) is 6.92 Å². The molecule has 2 amide bonds. The van der Waals surface area contributed by atoms with Gasteiger partial charge in [-0.2, -0.15) is 0 Å². The number of carbonyl (C=O) groups is 2. The molecule has 0 saturated carbocycles. The zero-order valence-corrected chi connectivity index (χ0v) is 19.1. The molecule has 5 rings (SSSR count). The lowest BCUT2D eigenvalue weighted by Gasteiger charge is -2.31. The molecule has 0 fully saturated rings. The Morgan fingerprint density at radius 3 is 2.03 bits per heavy atom. The van der Waals surface area contributed by atoms with Crippen LogP contribution in [0.25, 0.3) is 0 Å². The second kappa shape index (κ2) is 9.36. The molecule has 0 N–H and O–H groups in total. The Hall–Kier alpha value is -4.18. The fraction of sp³-hybridized carbons (Fsp3) is 0.133. The van der Waals surface area contributed by atoms with E-state index in [9.17, 15) is 9.59 Å². The lowest BCUT2D eigenvalue weighted by Crippen LogP contribution is -2.42. The Balaban J connectivity index is 1.65. The number of hydrogen-bond acceptors (Lipinski definition) is 2. The van der Waals surface area contributed by atoms with Crippen LogP contribution in [0.1, 0.15) is 33.1 Å². The van der Waals surface area contributed by atoms with Gasteiger partial charge in [-0.15, -0.1) is 0 Å². The van der Waals surface area contributed by atoms with Crippen molar-refractivity contribution < 1.29 is 9.59 Å². The van der Waals surface area contributed by atoms with Crippen molar-refractivity contribution >= 4 is 23.2 Å². The SMILES string of the molecule is Cc1ccc([C@@H]2C(=O)N(c3ccccc3)c3ccccc3C(=O)N2CCc2ccccc2)cc1. The third-order valence-electron chi connectivity index (χ3n) is 6.29. The van der Waals surface area contributed by atoms with E-state index >= 15 is 0 Å². The van der Waals surface area contributed by atoms with E-state index in [4.69, 9.17) is 0 Å². The maximum absolute atomic E-state index is 14.3. The molecule has 4 aromatic carbocycles. The average molecular weight is 447 g/mol. The fourth-order valence-electron chi connectivity index (χ4n) is 4.54. The van der Waals surface area contributed by atoms with Crippen molar-refractivity contribution in [2.75, 3.05) is 11.4 Å². The summed E-state index contributed by atoms with van der Waals surface area (Å²) in [5.41, 5.74) is 4.93. The van der Waals surface area contributed by atoms with Gasteiger partial charge in [0.2, 0.25) is 0 Å². The highest BCUT2D eigenvalue weighted by Gasteiger charge is 2.40. The number of carbonyl (C=O) groups excluding carboxylic acids is 2. The predicted octanol–water partition coefficient (Wildman–Crippen LogP) is 6.10. The molecule has 34 heavy (non-hydrogen) atoms. The van der Waals surface area contributed by atoms with E-state index in [1.165, 1.54) is 0 Å². The second-order valence-corrected chi connectivity index (χ2v) is 8.57. The standard InChI is InChI=1S/C30H26N2O2/c1-22-16-18-24(19-17-22)28-30(34)32(25-12-6-3-7-13-25)27-15-9-8-14-26(27)29(33)31(28)21-20-23-10-4-2-5-11-23/h2-19,28H,20-21H2,1H3/t28-/m1/s1. The van der Waals surface area contributed by atoms with Crippen LogP contribution in [0.2, 0.25) is 0 Å². The quantitative estimate of drug-likeness (QED) is 0.372. The van der Waals surface area contributed by atoms with Gasteiger partial charge in [0.1, 0.15) is 6.04 Å². The predicted molar refractivity (Wildman–Crippen MR) is 135 cm³/mol. The van der Waals surface area contributed by atoms with Crippen LogP contribution in [-0.2, 0) is 11.2 Å². The van der Waals surface area contributed by atoms with Gasteiger partial charge < -0.3 is 4.90 Å². The molecule has 1 atom stereocenters. The minimum Gasteiger partial charge on any atom is -0.322 e. The number of anilines is 2. The van der Waals surface area contributed by atoms with E-state index in [-0.39, 0.29) is 11.8 Å². The molecular weight excluding hydrogens is 420 g/mol. The van der Waals surface area contributed by atoms with Crippen LogP contribution in [0.4, 0.5) is 11.4 Å². The molecular formula is C30H26N2O2. The first-order valence-corrected chi connectivity index (χ1v) is 11.5. The van der Waals surface area contributed by atoms with Crippen molar-refractivity contribution in [2.45, 2.75) is 19.4 Å². The topological polar surface area (TPSA) is 40.6 Å². The minimum atomic E-state index is -0.732. The maximum Gasteiger partial charge on any atom is 0.259 e. The number of nitrogens with zero attached hydrogens (tertiary/aromatic N) is 2. The van der Waals surface area contributed by atoms with Gasteiger partial charge in [0.05, 0.1) is 11.3 Å². The summed E-state index contributed by atoms with van der Waals surface area (Å²) in [6.07, 6.45) is 0.662. The Labute approximate surface area is 200 Å². The summed E-state index contributed by atoms with van der Waals surface area (Å²) in [7, 11) is 0. The highest BCUT2D eigenvalue weighted by atomic mass is 16.2. The molecule has 4 aromatic rings. The van der Waals surface area contributed by atoms with E-state index in [0.717, 1.165) is 22.4 Å². The van der Waals surface area contributed by atoms with Gasteiger partial charge in [0.25, 0.3) is 11.8 Å². The van der Waals surface area contributed by atoms with Crippen molar-refractivity contribution in [2.24, 2.45) is 0 Å². The highest BCUT2D eigenvalue weighted by molar-refractivity contribution is 6.14. The zero-order chi connectivity index (χ0) is 23.5. The highest BCUT2D eigenvalue weighted by Crippen LogP contribution is 2.38. The summed E-state index contributed by atoms with van der Waals surface area (Å²) >= 11 is 0. The summed E-state index contributed by atoms with van der Waals surface area (Å²) in [5, 5.41) is 0. The summed E-state index contributed by atoms with van der Waals surface area (Å²) in [4.78, 5) is 31.7. The van der Waals surface area contributed by atoms with Crippen molar-refractivity contribution in [1.29, 1.82) is 0 Å². The molecule has 1 aliphatic rings. The maximum atomic E-state index is 14.3. The first kappa shape index (κ1) is 21.7. The van der Waals surface area contributed by atoms with Crippen molar-refractivity contribution in [3.05, 3.63) is 131 Å². The number of para-hydroxylation sites is 2. The summed E-state index contributed by atoms with van der Waals surface area (Å²) < 4.78 is 0. The molecule has 0 saturated heterocycles. The molecule has 0 aliphatic carbocycles. The van der Waals surface area contributed by atoms with Crippen LogP contribution < -0.4 is 4.90 Å². The molecule has 0 bridgehead atoms. The molecule has 168 valence electrons. The van der Waals surface area contributed by atoms with Gasteiger partial charge in [0, 0.05) is 12.2 Å². The van der Waals surface area contributed by atoms with Crippen LogP contribution in [0.5, 0.6) is 0 Å². The van der Waals surface area contributed by atoms with Gasteiger partial charge in [-0.25, -0.2) is 0 Å². The Morgan fingerprint density at radius 1 is 0.706 bits per heavy atom.